The monoisotopic (exact) mass is 388 g/mol. The van der Waals surface area contributed by atoms with Crippen LogP contribution in [0.15, 0.2) is 22.8 Å². The molecule has 0 aromatic carbocycles. The van der Waals surface area contributed by atoms with E-state index in [2.05, 4.69) is 26.8 Å². The van der Waals surface area contributed by atoms with Gasteiger partial charge in [0.25, 0.3) is 5.56 Å². The number of H-pyrrole nitrogens is 1. The third-order valence-corrected chi connectivity index (χ3v) is 6.06. The van der Waals surface area contributed by atoms with Crippen molar-refractivity contribution in [3.05, 3.63) is 50.3 Å². The van der Waals surface area contributed by atoms with Crippen LogP contribution in [-0.2, 0) is 24.2 Å². The fourth-order valence-electron chi connectivity index (χ4n) is 2.93. The molecule has 134 valence electrons. The van der Waals surface area contributed by atoms with E-state index < -0.39 is 5.97 Å². The highest BCUT2D eigenvalue weighted by Crippen LogP contribution is 2.34. The van der Waals surface area contributed by atoms with E-state index in [1.807, 2.05) is 0 Å². The summed E-state index contributed by atoms with van der Waals surface area (Å²) in [5.74, 6) is -0.208. The molecule has 3 heterocycles. The molecule has 0 unspecified atom stereocenters. The number of carbonyl (C=O) groups is 1. The number of carbonyl (C=O) groups excluding carboxylic acids is 1. The third kappa shape index (κ3) is 3.15. The first-order valence-corrected chi connectivity index (χ1v) is 9.86. The topological polar surface area (TPSA) is 97.0 Å². The maximum absolute atomic E-state index is 12.4. The Balaban J connectivity index is 1.47. The van der Waals surface area contributed by atoms with E-state index in [-0.39, 0.29) is 17.9 Å². The molecule has 7 nitrogen and oxygen atoms in total. The molecule has 0 radical (unpaired) electrons. The second kappa shape index (κ2) is 7.00. The first kappa shape index (κ1) is 16.9. The molecule has 0 saturated heterocycles. The van der Waals surface area contributed by atoms with E-state index in [9.17, 15) is 9.59 Å². The molecule has 0 bridgehead atoms. The lowest BCUT2D eigenvalue weighted by Crippen LogP contribution is -2.14. The Labute approximate surface area is 156 Å². The van der Waals surface area contributed by atoms with Crippen LogP contribution in [0.4, 0.5) is 5.13 Å². The van der Waals surface area contributed by atoms with Gasteiger partial charge in [-0.25, -0.2) is 14.8 Å². The lowest BCUT2D eigenvalue weighted by Gasteiger charge is -2.03. The number of nitrogens with one attached hydrogen (secondary N) is 2. The van der Waals surface area contributed by atoms with Crippen molar-refractivity contribution >= 4 is 44.0 Å². The van der Waals surface area contributed by atoms with Crippen LogP contribution in [0.2, 0.25) is 0 Å². The summed E-state index contributed by atoms with van der Waals surface area (Å²) in [5, 5.41) is 5.95. The zero-order valence-electron chi connectivity index (χ0n) is 13.8. The van der Waals surface area contributed by atoms with Gasteiger partial charge in [-0.2, -0.15) is 0 Å². The van der Waals surface area contributed by atoms with Gasteiger partial charge < -0.3 is 15.0 Å². The van der Waals surface area contributed by atoms with E-state index in [4.69, 9.17) is 4.74 Å². The van der Waals surface area contributed by atoms with Crippen molar-refractivity contribution in [1.29, 1.82) is 0 Å². The van der Waals surface area contributed by atoms with Crippen molar-refractivity contribution in [3.63, 3.8) is 0 Å². The molecule has 0 amide bonds. The maximum atomic E-state index is 12.4. The van der Waals surface area contributed by atoms with Crippen molar-refractivity contribution in [1.82, 2.24) is 15.0 Å². The zero-order valence-corrected chi connectivity index (χ0v) is 15.5. The van der Waals surface area contributed by atoms with Gasteiger partial charge >= 0.3 is 5.97 Å². The molecule has 2 N–H and O–H groups in total. The lowest BCUT2D eigenvalue weighted by atomic mass is 10.2. The first-order chi connectivity index (χ1) is 12.7. The lowest BCUT2D eigenvalue weighted by molar-refractivity contribution is 0.0456. The standard InChI is InChI=1S/C17H16N4O3S2/c1-2-6-18-17-19-10(8-25-17)16(23)24-7-12-20-14(22)13-9-4-3-5-11(9)26-15(13)21-12/h2,8H,1,3-7H2,(H,18,19)(H,20,21,22). The minimum Gasteiger partial charge on any atom is -0.453 e. The van der Waals surface area contributed by atoms with Gasteiger partial charge in [-0.1, -0.05) is 6.08 Å². The van der Waals surface area contributed by atoms with E-state index in [1.165, 1.54) is 16.2 Å². The van der Waals surface area contributed by atoms with Crippen LogP contribution in [0.1, 0.15) is 33.2 Å². The number of fused-ring (bicyclic) bond motifs is 3. The van der Waals surface area contributed by atoms with Crippen LogP contribution < -0.4 is 10.9 Å². The highest BCUT2D eigenvalue weighted by Gasteiger charge is 2.21. The number of aromatic amines is 1. The van der Waals surface area contributed by atoms with Crippen molar-refractivity contribution in [3.8, 4) is 0 Å². The number of nitrogens with zero attached hydrogens (tertiary/aromatic N) is 2. The molecule has 0 spiro atoms. The van der Waals surface area contributed by atoms with Gasteiger partial charge in [-0.3, -0.25) is 4.79 Å². The normalized spacial score (nSPS) is 12.9. The van der Waals surface area contributed by atoms with Crippen LogP contribution in [0.3, 0.4) is 0 Å². The Hall–Kier alpha value is -2.52. The van der Waals surface area contributed by atoms with Gasteiger partial charge in [0.1, 0.15) is 17.3 Å². The number of thiazole rings is 1. The number of thiophene rings is 1. The zero-order chi connectivity index (χ0) is 18.1. The number of rotatable bonds is 6. The molecule has 0 aliphatic heterocycles. The van der Waals surface area contributed by atoms with Crippen LogP contribution >= 0.6 is 22.7 Å². The SMILES string of the molecule is C=CCNc1nc(C(=O)OCc2nc3sc4c(c3c(=O)[nH]2)CCC4)cs1. The summed E-state index contributed by atoms with van der Waals surface area (Å²) >= 11 is 2.87. The number of aryl methyl sites for hydroxylation is 2. The number of anilines is 1. The van der Waals surface area contributed by atoms with Crippen LogP contribution in [0.25, 0.3) is 10.2 Å². The summed E-state index contributed by atoms with van der Waals surface area (Å²) in [6.07, 6.45) is 4.73. The molecule has 4 rings (SSSR count). The quantitative estimate of drug-likeness (QED) is 0.498. The molecular formula is C17H16N4O3S2. The summed E-state index contributed by atoms with van der Waals surface area (Å²) in [6, 6.07) is 0. The average Bonchev–Trinajstić information content (AvgIpc) is 3.33. The second-order valence-electron chi connectivity index (χ2n) is 5.83. The van der Waals surface area contributed by atoms with Gasteiger partial charge in [0.2, 0.25) is 0 Å². The van der Waals surface area contributed by atoms with E-state index in [1.54, 1.807) is 22.8 Å². The highest BCUT2D eigenvalue weighted by molar-refractivity contribution is 7.18. The molecule has 9 heteroatoms. The van der Waals surface area contributed by atoms with E-state index >= 15 is 0 Å². The molecule has 0 atom stereocenters. The number of esters is 1. The van der Waals surface area contributed by atoms with Gasteiger partial charge in [0.15, 0.2) is 10.8 Å². The highest BCUT2D eigenvalue weighted by atomic mass is 32.1. The Kier molecular flexibility index (Phi) is 4.56. The summed E-state index contributed by atoms with van der Waals surface area (Å²) in [6.45, 7) is 4.08. The predicted molar refractivity (Wildman–Crippen MR) is 102 cm³/mol. The molecular weight excluding hydrogens is 372 g/mol. The second-order valence-corrected chi connectivity index (χ2v) is 7.78. The summed E-state index contributed by atoms with van der Waals surface area (Å²) in [5.41, 5.74) is 1.19. The Morgan fingerprint density at radius 2 is 2.31 bits per heavy atom. The van der Waals surface area contributed by atoms with Crippen molar-refractivity contribution in [2.24, 2.45) is 0 Å². The fraction of sp³-hybridized carbons (Fsp3) is 0.294. The number of ether oxygens (including phenoxy) is 1. The smallest absolute Gasteiger partial charge is 0.358 e. The fourth-order valence-corrected chi connectivity index (χ4v) is 4.90. The Bertz CT molecular complexity index is 1050. The Morgan fingerprint density at radius 1 is 1.42 bits per heavy atom. The largest absolute Gasteiger partial charge is 0.453 e. The maximum Gasteiger partial charge on any atom is 0.358 e. The average molecular weight is 388 g/mol. The molecule has 0 fully saturated rings. The minimum atomic E-state index is -0.552. The predicted octanol–water partition coefficient (Wildman–Crippen LogP) is 2.88. The van der Waals surface area contributed by atoms with Crippen molar-refractivity contribution in [2.45, 2.75) is 25.9 Å². The molecule has 3 aromatic heterocycles. The van der Waals surface area contributed by atoms with E-state index in [0.29, 0.717) is 27.7 Å². The third-order valence-electron chi connectivity index (χ3n) is 4.08. The minimum absolute atomic E-state index is 0.0977. The molecule has 1 aliphatic carbocycles. The van der Waals surface area contributed by atoms with Gasteiger partial charge in [-0.05, 0) is 24.8 Å². The van der Waals surface area contributed by atoms with Crippen LogP contribution in [0, 0.1) is 0 Å². The van der Waals surface area contributed by atoms with Crippen LogP contribution in [0.5, 0.6) is 0 Å². The van der Waals surface area contributed by atoms with Crippen LogP contribution in [-0.4, -0.2) is 27.5 Å². The van der Waals surface area contributed by atoms with Gasteiger partial charge in [-0.15, -0.1) is 29.3 Å². The van der Waals surface area contributed by atoms with E-state index in [0.717, 1.165) is 24.8 Å². The summed E-state index contributed by atoms with van der Waals surface area (Å²) in [4.78, 5) is 37.8. The van der Waals surface area contributed by atoms with Gasteiger partial charge in [0.05, 0.1) is 5.39 Å². The molecule has 0 saturated carbocycles. The summed E-state index contributed by atoms with van der Waals surface area (Å²) < 4.78 is 5.24. The number of hydrogen-bond acceptors (Lipinski definition) is 8. The van der Waals surface area contributed by atoms with Gasteiger partial charge in [0, 0.05) is 16.8 Å². The molecule has 26 heavy (non-hydrogen) atoms. The van der Waals surface area contributed by atoms with Crippen molar-refractivity contribution < 1.29 is 9.53 Å². The number of aromatic nitrogens is 3. The molecule has 1 aliphatic rings. The van der Waals surface area contributed by atoms with Crippen molar-refractivity contribution in [2.75, 3.05) is 11.9 Å². The Morgan fingerprint density at radius 3 is 3.15 bits per heavy atom. The summed E-state index contributed by atoms with van der Waals surface area (Å²) in [7, 11) is 0. The molecule has 3 aromatic rings. The number of hydrogen-bond donors (Lipinski definition) is 2. The first-order valence-electron chi connectivity index (χ1n) is 8.16.